The Labute approximate surface area is 114 Å². The van der Waals surface area contributed by atoms with Crippen molar-refractivity contribution in [1.82, 2.24) is 20.2 Å². The summed E-state index contributed by atoms with van der Waals surface area (Å²) in [6.45, 7) is 3.92. The van der Waals surface area contributed by atoms with E-state index in [1.165, 1.54) is 0 Å². The van der Waals surface area contributed by atoms with Crippen LogP contribution in [-0.4, -0.2) is 20.2 Å². The highest BCUT2D eigenvalue weighted by Crippen LogP contribution is 2.27. The van der Waals surface area contributed by atoms with Crippen LogP contribution in [0.25, 0.3) is 11.3 Å². The van der Waals surface area contributed by atoms with E-state index in [9.17, 15) is 0 Å². The van der Waals surface area contributed by atoms with Crippen LogP contribution in [0, 0.1) is 13.8 Å². The second-order valence-electron chi connectivity index (χ2n) is 4.21. The molecule has 19 heavy (non-hydrogen) atoms. The third kappa shape index (κ3) is 2.48. The molecule has 2 N–H and O–H groups in total. The maximum atomic E-state index is 4.55. The zero-order valence-electron chi connectivity index (χ0n) is 10.6. The van der Waals surface area contributed by atoms with Crippen molar-refractivity contribution in [3.05, 3.63) is 41.2 Å². The predicted octanol–water partition coefficient (Wildman–Crippen LogP) is 3.29. The first-order valence-corrected chi connectivity index (χ1v) is 6.77. The van der Waals surface area contributed by atoms with Crippen LogP contribution in [0.2, 0.25) is 0 Å². The Hall–Kier alpha value is -2.21. The summed E-state index contributed by atoms with van der Waals surface area (Å²) in [7, 11) is 0. The van der Waals surface area contributed by atoms with Crippen molar-refractivity contribution in [2.24, 2.45) is 0 Å². The van der Waals surface area contributed by atoms with E-state index >= 15 is 0 Å². The van der Waals surface area contributed by atoms with Crippen LogP contribution < -0.4 is 5.32 Å². The van der Waals surface area contributed by atoms with Crippen LogP contribution in [-0.2, 0) is 0 Å². The molecule has 96 valence electrons. The number of nitrogens with one attached hydrogen (secondary N) is 2. The number of pyridine rings is 1. The Kier molecular flexibility index (Phi) is 3.00. The Morgan fingerprint density at radius 1 is 1.21 bits per heavy atom. The number of rotatable bonds is 3. The normalized spacial score (nSPS) is 10.6. The fourth-order valence-electron chi connectivity index (χ4n) is 1.79. The molecule has 0 unspecified atom stereocenters. The molecule has 0 aliphatic rings. The molecular weight excluding hydrogens is 258 g/mol. The molecule has 0 aliphatic heterocycles. The molecule has 0 fully saturated rings. The maximum Gasteiger partial charge on any atom is 0.188 e. The summed E-state index contributed by atoms with van der Waals surface area (Å²) >= 11 is 1.55. The zero-order chi connectivity index (χ0) is 13.2. The Balaban J connectivity index is 1.84. The molecule has 0 amide bonds. The summed E-state index contributed by atoms with van der Waals surface area (Å²) in [5.74, 6) is 0.810. The third-order valence-corrected chi connectivity index (χ3v) is 3.49. The molecule has 5 nitrogen and oxygen atoms in total. The summed E-state index contributed by atoms with van der Waals surface area (Å²) in [4.78, 5) is 8.94. The van der Waals surface area contributed by atoms with Gasteiger partial charge in [-0.2, -0.15) is 5.10 Å². The monoisotopic (exact) mass is 271 g/mol. The van der Waals surface area contributed by atoms with Crippen LogP contribution in [0.4, 0.5) is 10.9 Å². The minimum absolute atomic E-state index is 0.810. The van der Waals surface area contributed by atoms with Gasteiger partial charge in [0.05, 0.1) is 11.4 Å². The largest absolute Gasteiger partial charge is 0.316 e. The van der Waals surface area contributed by atoms with Gasteiger partial charge >= 0.3 is 0 Å². The maximum absolute atomic E-state index is 4.55. The fraction of sp³-hybridized carbons (Fsp3) is 0.154. The average molecular weight is 271 g/mol. The molecule has 0 saturated carbocycles. The van der Waals surface area contributed by atoms with Gasteiger partial charge in [-0.05, 0) is 26.0 Å². The first-order chi connectivity index (χ1) is 9.22. The molecule has 3 rings (SSSR count). The molecule has 0 radical (unpaired) electrons. The zero-order valence-corrected chi connectivity index (χ0v) is 11.5. The van der Waals surface area contributed by atoms with Crippen molar-refractivity contribution in [2.45, 2.75) is 13.8 Å². The minimum Gasteiger partial charge on any atom is -0.316 e. The molecule has 0 aromatic carbocycles. The number of thiazole rings is 1. The van der Waals surface area contributed by atoms with Gasteiger partial charge in [-0.15, -0.1) is 11.3 Å². The highest BCUT2D eigenvalue weighted by molar-refractivity contribution is 7.14. The lowest BCUT2D eigenvalue weighted by Crippen LogP contribution is -1.93. The number of aryl methyl sites for hydroxylation is 2. The molecule has 6 heteroatoms. The average Bonchev–Trinajstić information content (AvgIpc) is 2.98. The van der Waals surface area contributed by atoms with Crippen molar-refractivity contribution < 1.29 is 0 Å². The summed E-state index contributed by atoms with van der Waals surface area (Å²) < 4.78 is 0. The van der Waals surface area contributed by atoms with Crippen LogP contribution in [0.5, 0.6) is 0 Å². The smallest absolute Gasteiger partial charge is 0.188 e. The molecule has 3 aromatic rings. The fourth-order valence-corrected chi connectivity index (χ4v) is 2.51. The Morgan fingerprint density at radius 3 is 2.84 bits per heavy atom. The Morgan fingerprint density at radius 2 is 2.11 bits per heavy atom. The van der Waals surface area contributed by atoms with Crippen molar-refractivity contribution in [2.75, 3.05) is 5.32 Å². The first kappa shape index (κ1) is 11.9. The molecule has 0 spiro atoms. The highest BCUT2D eigenvalue weighted by Gasteiger charge is 2.09. The van der Waals surface area contributed by atoms with Crippen LogP contribution in [0.15, 0.2) is 29.8 Å². The van der Waals surface area contributed by atoms with Crippen molar-refractivity contribution in [3.8, 4) is 11.3 Å². The third-order valence-electron chi connectivity index (χ3n) is 2.73. The first-order valence-electron chi connectivity index (χ1n) is 5.89. The Bertz CT molecular complexity index is 700. The SMILES string of the molecule is Cc1cccc(Nc2nc(-c3c[nH]nc3C)cs2)n1. The molecular formula is C13H13N5S. The van der Waals surface area contributed by atoms with Crippen LogP contribution >= 0.6 is 11.3 Å². The lowest BCUT2D eigenvalue weighted by atomic mass is 10.2. The van der Waals surface area contributed by atoms with Crippen LogP contribution in [0.1, 0.15) is 11.4 Å². The standard InChI is InChI=1S/C13H13N5S/c1-8-4-3-5-12(15-8)17-13-16-11(7-19-13)10-6-14-18-9(10)2/h3-7H,1-2H3,(H,14,18)(H,15,16,17). The molecule has 0 bridgehead atoms. The van der Waals surface area contributed by atoms with E-state index in [0.717, 1.165) is 33.6 Å². The number of H-pyrrole nitrogens is 1. The molecule has 3 aromatic heterocycles. The summed E-state index contributed by atoms with van der Waals surface area (Å²) in [6.07, 6.45) is 1.86. The van der Waals surface area contributed by atoms with Gasteiger partial charge < -0.3 is 5.32 Å². The van der Waals surface area contributed by atoms with E-state index in [2.05, 4.69) is 25.5 Å². The molecule has 3 heterocycles. The van der Waals surface area contributed by atoms with E-state index in [1.807, 2.05) is 43.6 Å². The number of nitrogens with zero attached hydrogens (tertiary/aromatic N) is 3. The van der Waals surface area contributed by atoms with E-state index in [4.69, 9.17) is 0 Å². The summed E-state index contributed by atoms with van der Waals surface area (Å²) in [6, 6.07) is 5.86. The van der Waals surface area contributed by atoms with Gasteiger partial charge in [0.25, 0.3) is 0 Å². The quantitative estimate of drug-likeness (QED) is 0.767. The van der Waals surface area contributed by atoms with Gasteiger partial charge in [0.15, 0.2) is 5.13 Å². The number of anilines is 2. The highest BCUT2D eigenvalue weighted by atomic mass is 32.1. The van der Waals surface area contributed by atoms with E-state index in [-0.39, 0.29) is 0 Å². The van der Waals surface area contributed by atoms with E-state index < -0.39 is 0 Å². The van der Waals surface area contributed by atoms with E-state index in [0.29, 0.717) is 0 Å². The van der Waals surface area contributed by atoms with Crippen LogP contribution in [0.3, 0.4) is 0 Å². The topological polar surface area (TPSA) is 66.5 Å². The number of aromatic nitrogens is 4. The van der Waals surface area contributed by atoms with Crippen molar-refractivity contribution in [3.63, 3.8) is 0 Å². The summed E-state index contributed by atoms with van der Waals surface area (Å²) in [5.41, 5.74) is 3.88. The number of hydrogen-bond acceptors (Lipinski definition) is 5. The predicted molar refractivity (Wildman–Crippen MR) is 76.7 cm³/mol. The van der Waals surface area contributed by atoms with Gasteiger partial charge in [-0.3, -0.25) is 5.10 Å². The second-order valence-corrected chi connectivity index (χ2v) is 5.07. The molecule has 0 saturated heterocycles. The summed E-state index contributed by atoms with van der Waals surface area (Å²) in [5, 5.41) is 13.0. The lowest BCUT2D eigenvalue weighted by Gasteiger charge is -2.01. The molecule has 0 atom stereocenters. The second kappa shape index (κ2) is 4.81. The lowest BCUT2D eigenvalue weighted by molar-refractivity contribution is 1.05. The van der Waals surface area contributed by atoms with Gasteiger partial charge in [0.1, 0.15) is 5.82 Å². The van der Waals surface area contributed by atoms with Gasteiger partial charge in [-0.25, -0.2) is 9.97 Å². The minimum atomic E-state index is 0.810. The van der Waals surface area contributed by atoms with Gasteiger partial charge in [0, 0.05) is 22.8 Å². The van der Waals surface area contributed by atoms with E-state index in [1.54, 1.807) is 11.3 Å². The number of aromatic amines is 1. The number of hydrogen-bond donors (Lipinski definition) is 2. The molecule has 0 aliphatic carbocycles. The van der Waals surface area contributed by atoms with Gasteiger partial charge in [-0.1, -0.05) is 6.07 Å². The van der Waals surface area contributed by atoms with Crippen molar-refractivity contribution in [1.29, 1.82) is 0 Å². The van der Waals surface area contributed by atoms with Gasteiger partial charge in [0.2, 0.25) is 0 Å². The van der Waals surface area contributed by atoms with Crippen molar-refractivity contribution >= 4 is 22.3 Å².